The van der Waals surface area contributed by atoms with Gasteiger partial charge in [0.05, 0.1) is 0 Å². The highest BCUT2D eigenvalue weighted by atomic mass is 15.1. The van der Waals surface area contributed by atoms with Gasteiger partial charge in [0, 0.05) is 34.1 Å². The van der Waals surface area contributed by atoms with Crippen molar-refractivity contribution in [3.05, 3.63) is 253 Å². The summed E-state index contributed by atoms with van der Waals surface area (Å²) in [4.78, 5) is 4.71. The molecule has 0 aliphatic rings. The van der Waals surface area contributed by atoms with Gasteiger partial charge in [-0.05, 0) is 127 Å². The van der Waals surface area contributed by atoms with Crippen molar-refractivity contribution < 1.29 is 0 Å². The van der Waals surface area contributed by atoms with E-state index in [0.29, 0.717) is 0 Å². The largest absolute Gasteiger partial charge is 0.310 e. The molecule has 2 nitrogen and oxygen atoms in total. The molecule has 0 aromatic heterocycles. The Morgan fingerprint density at radius 2 is 0.467 bits per heavy atom. The molecule has 0 atom stereocenters. The molecule has 10 aromatic rings. The van der Waals surface area contributed by atoms with Crippen molar-refractivity contribution in [2.45, 2.75) is 0 Å². The molecular weight excluding hydrogens is 725 g/mol. The van der Waals surface area contributed by atoms with Gasteiger partial charge in [-0.25, -0.2) is 0 Å². The fraction of sp³-hybridized carbons (Fsp3) is 0. The molecule has 60 heavy (non-hydrogen) atoms. The maximum Gasteiger partial charge on any atom is 0.0468 e. The Kier molecular flexibility index (Phi) is 10.0. The minimum absolute atomic E-state index is 1.11. The van der Waals surface area contributed by atoms with E-state index in [0.717, 1.165) is 45.3 Å². The molecule has 0 fully saturated rings. The van der Waals surface area contributed by atoms with Gasteiger partial charge in [-0.3, -0.25) is 0 Å². The van der Waals surface area contributed by atoms with Crippen LogP contribution in [0.25, 0.3) is 56.6 Å². The normalized spacial score (nSPS) is 11.5. The standard InChI is InChI=1S/C58H42N2/c1-5-15-43(16-6-1)25-27-45-29-33-49(34-30-45)59(47-19-9-3-10-20-47)51-37-39-55-56-40-38-52(42-58(56)54-24-14-13-23-53(54)57(55)41-51)60(48-21-11-4-12-22-48)50-35-31-46(32-36-50)28-26-44-17-7-2-8-18-44/h1-42H. The Hall–Kier alpha value is -7.94. The molecule has 0 radical (unpaired) electrons. The number of anilines is 6. The Bertz CT molecular complexity index is 2860. The van der Waals surface area contributed by atoms with E-state index < -0.39 is 0 Å². The first-order valence-corrected chi connectivity index (χ1v) is 20.5. The van der Waals surface area contributed by atoms with Gasteiger partial charge in [0.1, 0.15) is 0 Å². The molecule has 0 saturated carbocycles. The minimum atomic E-state index is 1.11. The zero-order valence-electron chi connectivity index (χ0n) is 33.1. The summed E-state index contributed by atoms with van der Waals surface area (Å²) in [5.74, 6) is 0. The summed E-state index contributed by atoms with van der Waals surface area (Å²) in [7, 11) is 0. The van der Waals surface area contributed by atoms with Gasteiger partial charge in [-0.2, -0.15) is 0 Å². The predicted molar refractivity (Wildman–Crippen MR) is 259 cm³/mol. The van der Waals surface area contributed by atoms with Gasteiger partial charge in [-0.1, -0.05) is 182 Å². The number of para-hydroxylation sites is 2. The zero-order chi connectivity index (χ0) is 40.1. The quantitative estimate of drug-likeness (QED) is 0.101. The second-order valence-corrected chi connectivity index (χ2v) is 15.0. The molecule has 0 heterocycles. The third-order valence-electron chi connectivity index (χ3n) is 11.2. The van der Waals surface area contributed by atoms with Gasteiger partial charge >= 0.3 is 0 Å². The number of benzene rings is 10. The van der Waals surface area contributed by atoms with Crippen LogP contribution in [-0.4, -0.2) is 0 Å². The molecule has 10 rings (SSSR count). The molecule has 2 heteroatoms. The van der Waals surface area contributed by atoms with Crippen LogP contribution in [0.1, 0.15) is 22.3 Å². The second-order valence-electron chi connectivity index (χ2n) is 15.0. The molecule has 0 saturated heterocycles. The fourth-order valence-corrected chi connectivity index (χ4v) is 8.24. The minimum Gasteiger partial charge on any atom is -0.310 e. The van der Waals surface area contributed by atoms with E-state index >= 15 is 0 Å². The van der Waals surface area contributed by atoms with Crippen molar-refractivity contribution in [3.8, 4) is 0 Å². The maximum absolute atomic E-state index is 2.37. The monoisotopic (exact) mass is 766 g/mol. The SMILES string of the molecule is C(=Cc1ccc(N(c2ccccc2)c2ccc3c4ccc(N(c5ccccc5)c5ccc(C=Cc6ccccc6)cc5)cc4c4ccccc4c3c2)cc1)c1ccccc1. The molecule has 0 spiro atoms. The highest BCUT2D eigenvalue weighted by Gasteiger charge is 2.18. The van der Waals surface area contributed by atoms with Gasteiger partial charge in [0.2, 0.25) is 0 Å². The Labute approximate surface area is 351 Å². The lowest BCUT2D eigenvalue weighted by Gasteiger charge is -2.27. The number of fused-ring (bicyclic) bond motifs is 6. The van der Waals surface area contributed by atoms with Crippen LogP contribution in [0.4, 0.5) is 34.1 Å². The summed E-state index contributed by atoms with van der Waals surface area (Å²) < 4.78 is 0. The number of rotatable bonds is 10. The van der Waals surface area contributed by atoms with Gasteiger partial charge in [0.15, 0.2) is 0 Å². The van der Waals surface area contributed by atoms with E-state index in [1.165, 1.54) is 43.4 Å². The van der Waals surface area contributed by atoms with Crippen LogP contribution >= 0.6 is 0 Å². The van der Waals surface area contributed by atoms with E-state index in [1.54, 1.807) is 0 Å². The molecule has 0 bridgehead atoms. The molecule has 0 unspecified atom stereocenters. The summed E-state index contributed by atoms with van der Waals surface area (Å²) in [6, 6.07) is 82.6. The first-order valence-electron chi connectivity index (χ1n) is 20.5. The average molecular weight is 767 g/mol. The summed E-state index contributed by atoms with van der Waals surface area (Å²) in [6.07, 6.45) is 8.67. The maximum atomic E-state index is 2.37. The van der Waals surface area contributed by atoms with Crippen molar-refractivity contribution in [1.29, 1.82) is 0 Å². The fourth-order valence-electron chi connectivity index (χ4n) is 8.24. The molecule has 0 aliphatic heterocycles. The van der Waals surface area contributed by atoms with E-state index in [2.05, 4.69) is 252 Å². The van der Waals surface area contributed by atoms with E-state index in [-0.39, 0.29) is 0 Å². The zero-order valence-corrected chi connectivity index (χ0v) is 33.1. The van der Waals surface area contributed by atoms with Crippen LogP contribution in [0, 0.1) is 0 Å². The Morgan fingerprint density at radius 3 is 0.833 bits per heavy atom. The predicted octanol–water partition coefficient (Wildman–Crippen LogP) is 16.4. The topological polar surface area (TPSA) is 6.48 Å². The van der Waals surface area contributed by atoms with Crippen molar-refractivity contribution in [1.82, 2.24) is 0 Å². The summed E-state index contributed by atoms with van der Waals surface area (Å²) >= 11 is 0. The molecule has 284 valence electrons. The third-order valence-corrected chi connectivity index (χ3v) is 11.2. The van der Waals surface area contributed by atoms with Crippen molar-refractivity contribution in [3.63, 3.8) is 0 Å². The third kappa shape index (κ3) is 7.46. The number of hydrogen-bond acceptors (Lipinski definition) is 2. The smallest absolute Gasteiger partial charge is 0.0468 e. The lowest BCUT2D eigenvalue weighted by molar-refractivity contribution is 1.29. The van der Waals surface area contributed by atoms with Crippen molar-refractivity contribution >= 4 is 90.7 Å². The molecule has 10 aromatic carbocycles. The molecule has 0 aliphatic carbocycles. The van der Waals surface area contributed by atoms with Gasteiger partial charge in [-0.15, -0.1) is 0 Å². The van der Waals surface area contributed by atoms with Crippen LogP contribution < -0.4 is 9.80 Å². The van der Waals surface area contributed by atoms with Crippen LogP contribution in [0.3, 0.4) is 0 Å². The molecule has 0 N–H and O–H groups in total. The average Bonchev–Trinajstić information content (AvgIpc) is 3.32. The lowest BCUT2D eigenvalue weighted by Crippen LogP contribution is -2.10. The lowest BCUT2D eigenvalue weighted by atomic mass is 9.93. The van der Waals surface area contributed by atoms with Crippen molar-refractivity contribution in [2.24, 2.45) is 0 Å². The summed E-state index contributed by atoms with van der Waals surface area (Å²) in [5, 5.41) is 7.38. The van der Waals surface area contributed by atoms with Crippen molar-refractivity contribution in [2.75, 3.05) is 9.80 Å². The Morgan fingerprint density at radius 1 is 0.200 bits per heavy atom. The van der Waals surface area contributed by atoms with E-state index in [1.807, 2.05) is 12.1 Å². The van der Waals surface area contributed by atoms with Gasteiger partial charge in [0.25, 0.3) is 0 Å². The van der Waals surface area contributed by atoms with Crippen LogP contribution in [0.5, 0.6) is 0 Å². The van der Waals surface area contributed by atoms with Crippen LogP contribution in [0.2, 0.25) is 0 Å². The number of hydrogen-bond donors (Lipinski definition) is 0. The Balaban J connectivity index is 1.05. The number of nitrogens with zero attached hydrogens (tertiary/aromatic N) is 2. The second kappa shape index (κ2) is 16.5. The first kappa shape index (κ1) is 36.4. The van der Waals surface area contributed by atoms with Crippen LogP contribution in [0.15, 0.2) is 231 Å². The summed E-state index contributed by atoms with van der Waals surface area (Å²) in [6.45, 7) is 0. The van der Waals surface area contributed by atoms with Gasteiger partial charge < -0.3 is 9.80 Å². The highest BCUT2D eigenvalue weighted by Crippen LogP contribution is 2.43. The molecular formula is C58H42N2. The first-order chi connectivity index (χ1) is 29.7. The van der Waals surface area contributed by atoms with E-state index in [9.17, 15) is 0 Å². The summed E-state index contributed by atoms with van der Waals surface area (Å²) in [5.41, 5.74) is 11.3. The van der Waals surface area contributed by atoms with E-state index in [4.69, 9.17) is 0 Å². The molecule has 0 amide bonds. The van der Waals surface area contributed by atoms with Crippen LogP contribution in [-0.2, 0) is 0 Å². The highest BCUT2D eigenvalue weighted by molar-refractivity contribution is 6.26.